The first-order chi connectivity index (χ1) is 14.2. The first-order valence-electron chi connectivity index (χ1n) is 10.7. The summed E-state index contributed by atoms with van der Waals surface area (Å²) in [5.74, 6) is 0.570. The Kier molecular flexibility index (Phi) is 5.09. The Bertz CT molecular complexity index is 930. The summed E-state index contributed by atoms with van der Waals surface area (Å²) in [7, 11) is 0. The van der Waals surface area contributed by atoms with Gasteiger partial charge < -0.3 is 10.1 Å². The highest BCUT2D eigenvalue weighted by molar-refractivity contribution is 6.30. The summed E-state index contributed by atoms with van der Waals surface area (Å²) >= 11 is 6.08. The first kappa shape index (κ1) is 18.7. The van der Waals surface area contributed by atoms with Gasteiger partial charge in [-0.25, -0.2) is 4.79 Å². The largest absolute Gasteiger partial charge is 0.459 e. The molecule has 29 heavy (non-hydrogen) atoms. The van der Waals surface area contributed by atoms with Crippen LogP contribution >= 0.6 is 11.6 Å². The van der Waals surface area contributed by atoms with Crippen molar-refractivity contribution >= 4 is 23.3 Å². The molecule has 0 spiro atoms. The molecular formula is C25H26ClNO2. The van der Waals surface area contributed by atoms with E-state index >= 15 is 0 Å². The van der Waals surface area contributed by atoms with Gasteiger partial charge in [-0.1, -0.05) is 42.3 Å². The van der Waals surface area contributed by atoms with Crippen LogP contribution in [0.2, 0.25) is 5.02 Å². The molecule has 2 aromatic carbocycles. The lowest BCUT2D eigenvalue weighted by Crippen LogP contribution is -2.29. The number of nitrogens with one attached hydrogen (secondary N) is 1. The van der Waals surface area contributed by atoms with Gasteiger partial charge in [0, 0.05) is 16.6 Å². The average Bonchev–Trinajstić information content (AvgIpc) is 3.24. The molecule has 0 unspecified atom stereocenters. The highest BCUT2D eigenvalue weighted by atomic mass is 35.5. The van der Waals surface area contributed by atoms with Crippen LogP contribution in [0.15, 0.2) is 54.6 Å². The summed E-state index contributed by atoms with van der Waals surface area (Å²) in [6.07, 6.45) is 11.2. The van der Waals surface area contributed by atoms with Crippen molar-refractivity contribution in [1.29, 1.82) is 0 Å². The fourth-order valence-electron chi connectivity index (χ4n) is 5.12. The quantitative estimate of drug-likeness (QED) is 0.456. The maximum atomic E-state index is 12.7. The van der Waals surface area contributed by atoms with Crippen LogP contribution in [-0.4, -0.2) is 12.1 Å². The normalized spacial score (nSPS) is 25.8. The molecular weight excluding hydrogens is 382 g/mol. The van der Waals surface area contributed by atoms with Crippen LogP contribution < -0.4 is 5.32 Å². The molecule has 4 heteroatoms. The number of hydrogen-bond donors (Lipinski definition) is 1. The van der Waals surface area contributed by atoms with Crippen molar-refractivity contribution in [1.82, 2.24) is 0 Å². The van der Waals surface area contributed by atoms with E-state index in [1.54, 1.807) is 0 Å². The van der Waals surface area contributed by atoms with Crippen molar-refractivity contribution < 1.29 is 9.53 Å². The number of fused-ring (bicyclic) bond motifs is 3. The van der Waals surface area contributed by atoms with E-state index in [4.69, 9.17) is 16.3 Å². The third-order valence-electron chi connectivity index (χ3n) is 6.65. The Balaban J connectivity index is 1.41. The van der Waals surface area contributed by atoms with Crippen LogP contribution in [-0.2, 0) is 4.74 Å². The van der Waals surface area contributed by atoms with Gasteiger partial charge in [0.15, 0.2) is 0 Å². The van der Waals surface area contributed by atoms with Crippen LogP contribution in [0.5, 0.6) is 0 Å². The minimum atomic E-state index is -0.182. The van der Waals surface area contributed by atoms with Gasteiger partial charge in [0.25, 0.3) is 0 Å². The van der Waals surface area contributed by atoms with Crippen molar-refractivity contribution in [2.75, 3.05) is 5.32 Å². The van der Waals surface area contributed by atoms with Gasteiger partial charge in [0.1, 0.15) is 6.10 Å². The number of hydrogen-bond acceptors (Lipinski definition) is 3. The zero-order valence-electron chi connectivity index (χ0n) is 16.4. The van der Waals surface area contributed by atoms with Crippen LogP contribution in [0.1, 0.15) is 72.0 Å². The van der Waals surface area contributed by atoms with E-state index in [-0.39, 0.29) is 18.1 Å². The molecule has 0 bridgehead atoms. The van der Waals surface area contributed by atoms with Crippen molar-refractivity contribution in [3.8, 4) is 0 Å². The zero-order chi connectivity index (χ0) is 19.8. The minimum absolute atomic E-state index is 0.0822. The molecule has 1 aliphatic heterocycles. The second kappa shape index (κ2) is 7.87. The zero-order valence-corrected chi connectivity index (χ0v) is 17.2. The van der Waals surface area contributed by atoms with Gasteiger partial charge in [-0.3, -0.25) is 0 Å². The Morgan fingerprint density at radius 1 is 1.03 bits per heavy atom. The molecule has 3 nitrogen and oxygen atoms in total. The van der Waals surface area contributed by atoms with E-state index < -0.39 is 0 Å². The maximum absolute atomic E-state index is 12.7. The Labute approximate surface area is 177 Å². The maximum Gasteiger partial charge on any atom is 0.338 e. The molecule has 2 aliphatic carbocycles. The van der Waals surface area contributed by atoms with Crippen LogP contribution in [0.4, 0.5) is 5.69 Å². The van der Waals surface area contributed by atoms with E-state index in [9.17, 15) is 4.79 Å². The third kappa shape index (κ3) is 3.69. The number of ether oxygens (including phenoxy) is 1. The van der Waals surface area contributed by atoms with E-state index in [0.717, 1.165) is 42.8 Å². The molecule has 0 aromatic heterocycles. The van der Waals surface area contributed by atoms with Gasteiger partial charge in [0.2, 0.25) is 0 Å². The lowest BCUT2D eigenvalue weighted by atomic mass is 9.76. The van der Waals surface area contributed by atoms with Crippen LogP contribution in [0.3, 0.4) is 0 Å². The summed E-state index contributed by atoms with van der Waals surface area (Å²) in [4.78, 5) is 12.7. The first-order valence-corrected chi connectivity index (χ1v) is 11.1. The minimum Gasteiger partial charge on any atom is -0.459 e. The smallest absolute Gasteiger partial charge is 0.338 e. The van der Waals surface area contributed by atoms with Crippen molar-refractivity contribution in [2.45, 2.75) is 56.6 Å². The Hall–Kier alpha value is -2.26. The summed E-state index contributed by atoms with van der Waals surface area (Å²) in [6.45, 7) is 0. The second-order valence-corrected chi connectivity index (χ2v) is 8.93. The molecule has 150 valence electrons. The van der Waals surface area contributed by atoms with Crippen molar-refractivity contribution in [3.05, 3.63) is 76.3 Å². The number of esters is 1. The molecule has 0 amide bonds. The fraction of sp³-hybridized carbons (Fsp3) is 0.400. The number of halogens is 1. The fourth-order valence-corrected chi connectivity index (χ4v) is 5.25. The second-order valence-electron chi connectivity index (χ2n) is 8.49. The number of carbonyl (C=O) groups is 1. The number of benzene rings is 2. The third-order valence-corrected chi connectivity index (χ3v) is 6.91. The summed E-state index contributed by atoms with van der Waals surface area (Å²) in [6, 6.07) is 14.3. The lowest BCUT2D eigenvalue weighted by Gasteiger charge is -2.37. The monoisotopic (exact) mass is 407 g/mol. The number of carbonyl (C=O) groups excluding carboxylic acids is 1. The summed E-state index contributed by atoms with van der Waals surface area (Å²) in [5, 5.41) is 4.47. The molecule has 0 radical (unpaired) electrons. The molecule has 1 fully saturated rings. The summed E-state index contributed by atoms with van der Waals surface area (Å²) in [5.41, 5.74) is 4.22. The van der Waals surface area contributed by atoms with Gasteiger partial charge in [-0.15, -0.1) is 0 Å². The molecule has 3 aliphatic rings. The topological polar surface area (TPSA) is 38.3 Å². The van der Waals surface area contributed by atoms with E-state index in [0.29, 0.717) is 17.4 Å². The molecule has 5 rings (SSSR count). The highest BCUT2D eigenvalue weighted by Crippen LogP contribution is 2.50. The average molecular weight is 408 g/mol. The predicted octanol–water partition coefficient (Wildman–Crippen LogP) is 6.66. The Morgan fingerprint density at radius 2 is 1.83 bits per heavy atom. The van der Waals surface area contributed by atoms with Gasteiger partial charge >= 0.3 is 5.97 Å². The molecule has 1 N–H and O–H groups in total. The molecule has 3 atom stereocenters. The van der Waals surface area contributed by atoms with E-state index in [2.05, 4.69) is 29.6 Å². The van der Waals surface area contributed by atoms with E-state index in [1.165, 1.54) is 17.5 Å². The van der Waals surface area contributed by atoms with Crippen LogP contribution in [0, 0.1) is 5.92 Å². The lowest BCUT2D eigenvalue weighted by molar-refractivity contribution is 0.0211. The van der Waals surface area contributed by atoms with Gasteiger partial charge in [-0.2, -0.15) is 0 Å². The number of allylic oxidation sites excluding steroid dienone is 2. The molecule has 1 saturated carbocycles. The van der Waals surface area contributed by atoms with Gasteiger partial charge in [0.05, 0.1) is 11.6 Å². The molecule has 2 aromatic rings. The predicted molar refractivity (Wildman–Crippen MR) is 117 cm³/mol. The standard InChI is InChI=1S/C25H26ClNO2/c26-18-12-9-16(10-13-18)24-21-8-4-7-20(21)22-15-17(11-14-23(22)27-24)25(28)29-19-5-2-1-3-6-19/h4,7,9-15,19-21,24,27H,1-3,5-6,8H2/t20-,21-,24-/m0/s1. The van der Waals surface area contributed by atoms with Crippen molar-refractivity contribution in [3.63, 3.8) is 0 Å². The molecule has 1 heterocycles. The number of anilines is 1. The SMILES string of the molecule is O=C(OC1CCCCC1)c1ccc2c(c1)[C@H]1C=CC[C@@H]1[C@H](c1ccc(Cl)cc1)N2. The highest BCUT2D eigenvalue weighted by Gasteiger charge is 2.38. The van der Waals surface area contributed by atoms with Crippen LogP contribution in [0.25, 0.3) is 0 Å². The Morgan fingerprint density at radius 3 is 2.62 bits per heavy atom. The van der Waals surface area contributed by atoms with E-state index in [1.807, 2.05) is 30.3 Å². The number of rotatable bonds is 3. The summed E-state index contributed by atoms with van der Waals surface area (Å²) < 4.78 is 5.79. The van der Waals surface area contributed by atoms with Crippen molar-refractivity contribution in [2.24, 2.45) is 5.92 Å². The molecule has 0 saturated heterocycles. The van der Waals surface area contributed by atoms with Gasteiger partial charge in [-0.05, 0) is 79.5 Å².